The van der Waals surface area contributed by atoms with Crippen LogP contribution in [0, 0.1) is 5.92 Å². The quantitative estimate of drug-likeness (QED) is 0.663. The van der Waals surface area contributed by atoms with Gasteiger partial charge < -0.3 is 0 Å². The zero-order chi connectivity index (χ0) is 9.90. The molecule has 13 heavy (non-hydrogen) atoms. The SMILES string of the molecule is O=C(SC(F)(F)F)C1CCCCC1. The molecule has 76 valence electrons. The Hall–Kier alpha value is -0.190. The molecule has 0 bridgehead atoms. The second-order valence-corrected chi connectivity index (χ2v) is 4.27. The van der Waals surface area contributed by atoms with Gasteiger partial charge in [-0.15, -0.1) is 0 Å². The molecule has 0 radical (unpaired) electrons. The molecule has 0 saturated heterocycles. The van der Waals surface area contributed by atoms with Crippen LogP contribution in [0.5, 0.6) is 0 Å². The number of carbonyl (C=O) groups excluding carboxylic acids is 1. The van der Waals surface area contributed by atoms with Crippen LogP contribution in [-0.2, 0) is 4.79 Å². The molecule has 1 aliphatic rings. The first-order chi connectivity index (χ1) is 5.99. The summed E-state index contributed by atoms with van der Waals surface area (Å²) in [5, 5.41) is -0.702. The monoisotopic (exact) mass is 212 g/mol. The lowest BCUT2D eigenvalue weighted by Gasteiger charge is -2.19. The van der Waals surface area contributed by atoms with Crippen molar-refractivity contribution in [1.82, 2.24) is 0 Å². The van der Waals surface area contributed by atoms with Gasteiger partial charge in [0.2, 0.25) is 0 Å². The molecule has 0 aromatic rings. The maximum Gasteiger partial charge on any atom is 0.449 e. The molecule has 0 spiro atoms. The minimum absolute atomic E-state index is 0.361. The summed E-state index contributed by atoms with van der Waals surface area (Å²) >= 11 is -0.476. The van der Waals surface area contributed by atoms with Gasteiger partial charge in [-0.05, 0) is 12.8 Å². The smallest absolute Gasteiger partial charge is 0.287 e. The molecular formula is C8H11F3OS. The Morgan fingerprint density at radius 2 is 1.69 bits per heavy atom. The molecule has 1 rings (SSSR count). The van der Waals surface area contributed by atoms with Gasteiger partial charge in [-0.2, -0.15) is 13.2 Å². The van der Waals surface area contributed by atoms with Crippen LogP contribution >= 0.6 is 11.8 Å². The molecule has 0 unspecified atom stereocenters. The largest absolute Gasteiger partial charge is 0.449 e. The van der Waals surface area contributed by atoms with E-state index < -0.39 is 22.4 Å². The first kappa shape index (κ1) is 10.9. The number of hydrogen-bond donors (Lipinski definition) is 0. The van der Waals surface area contributed by atoms with Crippen molar-refractivity contribution in [2.24, 2.45) is 5.92 Å². The lowest BCUT2D eigenvalue weighted by Crippen LogP contribution is -2.18. The fraction of sp³-hybridized carbons (Fsp3) is 0.875. The molecule has 0 atom stereocenters. The third-order valence-corrected chi connectivity index (χ3v) is 2.92. The van der Waals surface area contributed by atoms with Gasteiger partial charge in [-0.1, -0.05) is 19.3 Å². The van der Waals surface area contributed by atoms with Crippen LogP contribution in [-0.4, -0.2) is 10.6 Å². The van der Waals surface area contributed by atoms with Crippen molar-refractivity contribution < 1.29 is 18.0 Å². The van der Waals surface area contributed by atoms with Crippen molar-refractivity contribution >= 4 is 16.9 Å². The minimum Gasteiger partial charge on any atom is -0.287 e. The van der Waals surface area contributed by atoms with Crippen LogP contribution in [0.2, 0.25) is 0 Å². The first-order valence-corrected chi connectivity index (χ1v) is 5.10. The topological polar surface area (TPSA) is 17.1 Å². The average molecular weight is 212 g/mol. The third-order valence-electron chi connectivity index (χ3n) is 2.15. The molecule has 0 aromatic carbocycles. The normalized spacial score (nSPS) is 20.2. The zero-order valence-corrected chi connectivity index (χ0v) is 7.88. The van der Waals surface area contributed by atoms with Gasteiger partial charge in [-0.3, -0.25) is 4.79 Å². The molecular weight excluding hydrogens is 201 g/mol. The van der Waals surface area contributed by atoms with E-state index in [9.17, 15) is 18.0 Å². The third kappa shape index (κ3) is 4.02. The Morgan fingerprint density at radius 3 is 2.15 bits per heavy atom. The maximum atomic E-state index is 11.8. The number of alkyl halides is 3. The number of rotatable bonds is 1. The van der Waals surface area contributed by atoms with E-state index in [0.29, 0.717) is 12.8 Å². The van der Waals surface area contributed by atoms with E-state index in [1.165, 1.54) is 0 Å². The van der Waals surface area contributed by atoms with Gasteiger partial charge in [0.1, 0.15) is 0 Å². The van der Waals surface area contributed by atoms with E-state index in [0.717, 1.165) is 19.3 Å². The second-order valence-electron chi connectivity index (χ2n) is 3.20. The predicted octanol–water partition coefficient (Wildman–Crippen LogP) is 3.35. The van der Waals surface area contributed by atoms with Crippen LogP contribution in [0.25, 0.3) is 0 Å². The fourth-order valence-corrected chi connectivity index (χ4v) is 2.17. The number of hydrogen-bond acceptors (Lipinski definition) is 2. The first-order valence-electron chi connectivity index (χ1n) is 4.28. The van der Waals surface area contributed by atoms with E-state index in [1.54, 1.807) is 0 Å². The second kappa shape index (κ2) is 4.35. The Morgan fingerprint density at radius 1 is 1.15 bits per heavy atom. The summed E-state index contributed by atoms with van der Waals surface area (Å²) < 4.78 is 35.4. The Balaban J connectivity index is 2.38. The maximum absolute atomic E-state index is 11.8. The van der Waals surface area contributed by atoms with Gasteiger partial charge in [0, 0.05) is 17.7 Å². The molecule has 0 amide bonds. The minimum atomic E-state index is -4.41. The van der Waals surface area contributed by atoms with Crippen molar-refractivity contribution in [2.75, 3.05) is 0 Å². The lowest BCUT2D eigenvalue weighted by molar-refractivity contribution is -0.116. The highest BCUT2D eigenvalue weighted by molar-refractivity contribution is 8.14. The van der Waals surface area contributed by atoms with Crippen LogP contribution < -0.4 is 0 Å². The summed E-state index contributed by atoms with van der Waals surface area (Å²) in [6, 6.07) is 0. The molecule has 1 nitrogen and oxygen atoms in total. The van der Waals surface area contributed by atoms with Crippen molar-refractivity contribution in [2.45, 2.75) is 37.6 Å². The highest BCUT2D eigenvalue weighted by Crippen LogP contribution is 2.36. The van der Waals surface area contributed by atoms with Gasteiger partial charge in [0.25, 0.3) is 0 Å². The highest BCUT2D eigenvalue weighted by atomic mass is 32.2. The summed E-state index contributed by atoms with van der Waals surface area (Å²) in [6.07, 6.45) is 4.06. The van der Waals surface area contributed by atoms with E-state index in [2.05, 4.69) is 0 Å². The molecule has 0 N–H and O–H groups in total. The number of carbonyl (C=O) groups is 1. The van der Waals surface area contributed by atoms with Gasteiger partial charge >= 0.3 is 5.51 Å². The van der Waals surface area contributed by atoms with Crippen LogP contribution in [0.1, 0.15) is 32.1 Å². The van der Waals surface area contributed by atoms with Crippen molar-refractivity contribution in [3.8, 4) is 0 Å². The summed E-state index contributed by atoms with van der Waals surface area (Å²) in [5.41, 5.74) is -4.41. The van der Waals surface area contributed by atoms with Crippen molar-refractivity contribution in [1.29, 1.82) is 0 Å². The molecule has 0 heterocycles. The molecule has 1 saturated carbocycles. The average Bonchev–Trinajstić information content (AvgIpc) is 2.03. The Labute approximate surface area is 79.1 Å². The van der Waals surface area contributed by atoms with Crippen LogP contribution in [0.4, 0.5) is 13.2 Å². The molecule has 1 fully saturated rings. The van der Waals surface area contributed by atoms with Gasteiger partial charge in [-0.25, -0.2) is 0 Å². The summed E-state index contributed by atoms with van der Waals surface area (Å²) in [5.74, 6) is -0.361. The van der Waals surface area contributed by atoms with E-state index in [-0.39, 0.29) is 5.92 Å². The lowest BCUT2D eigenvalue weighted by atomic mass is 9.90. The summed E-state index contributed by atoms with van der Waals surface area (Å²) in [4.78, 5) is 11.1. The standard InChI is InChI=1S/C8H11F3OS/c9-8(10,11)13-7(12)6-4-2-1-3-5-6/h6H,1-5H2. The molecule has 5 heteroatoms. The van der Waals surface area contributed by atoms with Gasteiger partial charge in [0.15, 0.2) is 5.12 Å². The van der Waals surface area contributed by atoms with Crippen LogP contribution in [0.3, 0.4) is 0 Å². The van der Waals surface area contributed by atoms with Crippen molar-refractivity contribution in [3.05, 3.63) is 0 Å². The molecule has 0 aliphatic heterocycles. The summed E-state index contributed by atoms with van der Waals surface area (Å²) in [6.45, 7) is 0. The number of thioether (sulfide) groups is 1. The van der Waals surface area contributed by atoms with E-state index in [1.807, 2.05) is 0 Å². The highest BCUT2D eigenvalue weighted by Gasteiger charge is 2.35. The fourth-order valence-electron chi connectivity index (χ4n) is 1.54. The Kier molecular flexibility index (Phi) is 3.64. The summed E-state index contributed by atoms with van der Waals surface area (Å²) in [7, 11) is 0. The van der Waals surface area contributed by atoms with E-state index >= 15 is 0 Å². The molecule has 0 aromatic heterocycles. The number of halogens is 3. The Bertz CT molecular complexity index is 184. The van der Waals surface area contributed by atoms with Crippen LogP contribution in [0.15, 0.2) is 0 Å². The molecule has 1 aliphatic carbocycles. The van der Waals surface area contributed by atoms with Crippen molar-refractivity contribution in [3.63, 3.8) is 0 Å². The van der Waals surface area contributed by atoms with Gasteiger partial charge in [0.05, 0.1) is 0 Å². The zero-order valence-electron chi connectivity index (χ0n) is 7.06. The van der Waals surface area contributed by atoms with E-state index in [4.69, 9.17) is 0 Å². The predicted molar refractivity (Wildman–Crippen MR) is 45.2 cm³/mol.